The molecule has 1 atom stereocenters. The van der Waals surface area contributed by atoms with Crippen LogP contribution in [0.4, 0.5) is 11.4 Å². The van der Waals surface area contributed by atoms with Crippen LogP contribution in [0.15, 0.2) is 42.5 Å². The number of aryl methyl sites for hydroxylation is 2. The smallest absolute Gasteiger partial charge is 0.256 e. The van der Waals surface area contributed by atoms with E-state index in [9.17, 15) is 9.59 Å². The molecule has 5 heteroatoms. The molecule has 1 aliphatic rings. The predicted octanol–water partition coefficient (Wildman–Crippen LogP) is 3.70. The molecule has 0 aliphatic carbocycles. The summed E-state index contributed by atoms with van der Waals surface area (Å²) in [6, 6.07) is 12.2. The standard InChI is InChI=1S/C18H17ClN2O2/c1-11-7-8-13(9-12(11)2)21-17(22)10-16(18(21)23)20-15-6-4-3-5-14(15)19/h3-9,16,20H,10H2,1-2H3/t16-/m0/s1. The highest BCUT2D eigenvalue weighted by atomic mass is 35.5. The molecule has 118 valence electrons. The fourth-order valence-electron chi connectivity index (χ4n) is 2.65. The quantitative estimate of drug-likeness (QED) is 0.874. The second-order valence-corrected chi connectivity index (χ2v) is 6.12. The highest BCUT2D eigenvalue weighted by Crippen LogP contribution is 2.28. The summed E-state index contributed by atoms with van der Waals surface area (Å²) in [6.45, 7) is 3.96. The van der Waals surface area contributed by atoms with Gasteiger partial charge >= 0.3 is 0 Å². The summed E-state index contributed by atoms with van der Waals surface area (Å²) in [7, 11) is 0. The van der Waals surface area contributed by atoms with E-state index in [0.717, 1.165) is 11.1 Å². The predicted molar refractivity (Wildman–Crippen MR) is 91.9 cm³/mol. The van der Waals surface area contributed by atoms with Crippen LogP contribution in [-0.2, 0) is 9.59 Å². The SMILES string of the molecule is Cc1ccc(N2C(=O)C[C@H](Nc3ccccc3Cl)C2=O)cc1C. The van der Waals surface area contributed by atoms with Gasteiger partial charge in [0.05, 0.1) is 22.8 Å². The molecule has 0 aromatic heterocycles. The number of nitrogens with zero attached hydrogens (tertiary/aromatic N) is 1. The second-order valence-electron chi connectivity index (χ2n) is 5.72. The van der Waals surface area contributed by atoms with Crippen molar-refractivity contribution >= 4 is 34.8 Å². The van der Waals surface area contributed by atoms with Crippen molar-refractivity contribution in [2.24, 2.45) is 0 Å². The first-order valence-electron chi connectivity index (χ1n) is 7.42. The lowest BCUT2D eigenvalue weighted by Gasteiger charge is -2.17. The number of benzene rings is 2. The molecule has 0 spiro atoms. The van der Waals surface area contributed by atoms with Crippen LogP contribution in [0.5, 0.6) is 0 Å². The minimum Gasteiger partial charge on any atom is -0.372 e. The van der Waals surface area contributed by atoms with Gasteiger partial charge in [0.2, 0.25) is 5.91 Å². The van der Waals surface area contributed by atoms with Crippen LogP contribution in [0.2, 0.25) is 5.02 Å². The monoisotopic (exact) mass is 328 g/mol. The molecule has 0 bridgehead atoms. The fourth-order valence-corrected chi connectivity index (χ4v) is 2.84. The van der Waals surface area contributed by atoms with Gasteiger partial charge < -0.3 is 5.32 Å². The van der Waals surface area contributed by atoms with Crippen molar-refractivity contribution in [3.8, 4) is 0 Å². The van der Waals surface area contributed by atoms with Gasteiger partial charge in [0.15, 0.2) is 0 Å². The number of hydrogen-bond donors (Lipinski definition) is 1. The van der Waals surface area contributed by atoms with Gasteiger partial charge in [-0.25, -0.2) is 4.90 Å². The molecule has 0 unspecified atom stereocenters. The van der Waals surface area contributed by atoms with Crippen molar-refractivity contribution < 1.29 is 9.59 Å². The minimum atomic E-state index is -0.594. The zero-order valence-corrected chi connectivity index (χ0v) is 13.7. The molecule has 0 saturated carbocycles. The van der Waals surface area contributed by atoms with Gasteiger partial charge in [0, 0.05) is 0 Å². The third kappa shape index (κ3) is 2.94. The average Bonchev–Trinajstić information content (AvgIpc) is 2.79. The number of nitrogens with one attached hydrogen (secondary N) is 1. The second kappa shape index (κ2) is 6.05. The summed E-state index contributed by atoms with van der Waals surface area (Å²) >= 11 is 6.11. The van der Waals surface area contributed by atoms with E-state index in [1.165, 1.54) is 4.90 Å². The van der Waals surface area contributed by atoms with Gasteiger partial charge in [0.25, 0.3) is 5.91 Å². The molecule has 4 nitrogen and oxygen atoms in total. The van der Waals surface area contributed by atoms with Gasteiger partial charge in [-0.1, -0.05) is 29.8 Å². The van der Waals surface area contributed by atoms with E-state index in [1.807, 2.05) is 38.1 Å². The Bertz CT molecular complexity index is 788. The van der Waals surface area contributed by atoms with Crippen molar-refractivity contribution in [3.05, 3.63) is 58.6 Å². The zero-order valence-electron chi connectivity index (χ0n) is 13.0. The molecule has 3 rings (SSSR count). The van der Waals surface area contributed by atoms with E-state index in [-0.39, 0.29) is 18.2 Å². The fraction of sp³-hybridized carbons (Fsp3) is 0.222. The average molecular weight is 329 g/mol. The van der Waals surface area contributed by atoms with Crippen LogP contribution in [0.3, 0.4) is 0 Å². The Morgan fingerprint density at radius 2 is 1.83 bits per heavy atom. The van der Waals surface area contributed by atoms with E-state index in [4.69, 9.17) is 11.6 Å². The third-order valence-corrected chi connectivity index (χ3v) is 4.43. The Morgan fingerprint density at radius 1 is 1.09 bits per heavy atom. The maximum atomic E-state index is 12.6. The van der Waals surface area contributed by atoms with Crippen molar-refractivity contribution in [1.82, 2.24) is 0 Å². The van der Waals surface area contributed by atoms with Gasteiger partial charge in [0.1, 0.15) is 6.04 Å². The molecule has 1 fully saturated rings. The molecule has 1 N–H and O–H groups in total. The number of carbonyl (C=O) groups is 2. The number of para-hydroxylation sites is 1. The van der Waals surface area contributed by atoms with Gasteiger partial charge in [-0.05, 0) is 49.2 Å². The number of anilines is 2. The van der Waals surface area contributed by atoms with Crippen LogP contribution >= 0.6 is 11.6 Å². The number of hydrogen-bond acceptors (Lipinski definition) is 3. The van der Waals surface area contributed by atoms with Gasteiger partial charge in [-0.15, -0.1) is 0 Å². The Morgan fingerprint density at radius 3 is 2.52 bits per heavy atom. The van der Waals surface area contributed by atoms with E-state index in [1.54, 1.807) is 18.2 Å². The van der Waals surface area contributed by atoms with Crippen LogP contribution in [0.25, 0.3) is 0 Å². The van der Waals surface area contributed by atoms with Gasteiger partial charge in [-0.3, -0.25) is 9.59 Å². The highest BCUT2D eigenvalue weighted by molar-refractivity contribution is 6.33. The summed E-state index contributed by atoms with van der Waals surface area (Å²) in [5.74, 6) is -0.457. The number of rotatable bonds is 3. The Hall–Kier alpha value is -2.33. The summed E-state index contributed by atoms with van der Waals surface area (Å²) in [6.07, 6.45) is 0.122. The van der Waals surface area contributed by atoms with E-state index in [0.29, 0.717) is 16.4 Å². The summed E-state index contributed by atoms with van der Waals surface area (Å²) in [5.41, 5.74) is 3.44. The van der Waals surface area contributed by atoms with Crippen molar-refractivity contribution in [2.45, 2.75) is 26.3 Å². The van der Waals surface area contributed by atoms with E-state index in [2.05, 4.69) is 5.32 Å². The zero-order chi connectivity index (χ0) is 16.6. The maximum Gasteiger partial charge on any atom is 0.256 e. The van der Waals surface area contributed by atoms with E-state index >= 15 is 0 Å². The first-order valence-corrected chi connectivity index (χ1v) is 7.80. The highest BCUT2D eigenvalue weighted by Gasteiger charge is 2.39. The van der Waals surface area contributed by atoms with E-state index < -0.39 is 6.04 Å². The molecule has 0 radical (unpaired) electrons. The molecule has 1 heterocycles. The van der Waals surface area contributed by atoms with Gasteiger partial charge in [-0.2, -0.15) is 0 Å². The molecular formula is C18H17ClN2O2. The Kier molecular flexibility index (Phi) is 4.09. The maximum absolute atomic E-state index is 12.6. The van der Waals surface area contributed by atoms with Crippen LogP contribution in [-0.4, -0.2) is 17.9 Å². The molecular weight excluding hydrogens is 312 g/mol. The molecule has 23 heavy (non-hydrogen) atoms. The Balaban J connectivity index is 1.85. The lowest BCUT2D eigenvalue weighted by molar-refractivity contribution is -0.121. The first kappa shape index (κ1) is 15.6. The topological polar surface area (TPSA) is 49.4 Å². The lowest BCUT2D eigenvalue weighted by atomic mass is 10.1. The first-order chi connectivity index (χ1) is 11.0. The third-order valence-electron chi connectivity index (χ3n) is 4.10. The van der Waals surface area contributed by atoms with Crippen molar-refractivity contribution in [1.29, 1.82) is 0 Å². The summed E-state index contributed by atoms with van der Waals surface area (Å²) in [4.78, 5) is 26.2. The molecule has 1 saturated heterocycles. The van der Waals surface area contributed by atoms with Crippen LogP contribution < -0.4 is 10.2 Å². The minimum absolute atomic E-state index is 0.122. The molecule has 2 aromatic carbocycles. The largest absolute Gasteiger partial charge is 0.372 e. The van der Waals surface area contributed by atoms with Crippen molar-refractivity contribution in [2.75, 3.05) is 10.2 Å². The Labute approximate surface area is 140 Å². The number of amides is 2. The summed E-state index contributed by atoms with van der Waals surface area (Å²) in [5, 5.41) is 3.60. The normalized spacial score (nSPS) is 17.7. The van der Waals surface area contributed by atoms with Crippen LogP contribution in [0, 0.1) is 13.8 Å². The molecule has 1 aliphatic heterocycles. The number of imide groups is 1. The number of halogens is 1. The molecule has 2 amide bonds. The summed E-state index contributed by atoms with van der Waals surface area (Å²) < 4.78 is 0. The lowest BCUT2D eigenvalue weighted by Crippen LogP contribution is -2.34. The number of carbonyl (C=O) groups excluding carboxylic acids is 2. The molecule has 2 aromatic rings. The van der Waals surface area contributed by atoms with Crippen LogP contribution in [0.1, 0.15) is 17.5 Å². The van der Waals surface area contributed by atoms with Crippen molar-refractivity contribution in [3.63, 3.8) is 0 Å².